The molecule has 6 nitrogen and oxygen atoms in total. The summed E-state index contributed by atoms with van der Waals surface area (Å²) in [5, 5.41) is 14.2. The Morgan fingerprint density at radius 3 is 2.16 bits per heavy atom. The summed E-state index contributed by atoms with van der Waals surface area (Å²) in [5.74, 6) is -1.03. The maximum absolute atomic E-state index is 12.6. The molecule has 0 heterocycles. The van der Waals surface area contributed by atoms with Gasteiger partial charge in [-0.1, -0.05) is 20.3 Å². The van der Waals surface area contributed by atoms with Gasteiger partial charge in [-0.15, -0.1) is 0 Å². The number of carboxylic acid groups (broad SMARTS) is 1. The molecule has 1 atom stereocenters. The first-order chi connectivity index (χ1) is 11.7. The number of benzene rings is 1. The van der Waals surface area contributed by atoms with Crippen molar-refractivity contribution in [1.82, 2.24) is 5.32 Å². The van der Waals surface area contributed by atoms with Gasteiger partial charge in [0.1, 0.15) is 6.04 Å². The number of hydrogen-bond acceptors (Lipinski definition) is 3. The fraction of sp³-hybridized carbons (Fsp3) is 0.526. The molecule has 0 radical (unpaired) electrons. The van der Waals surface area contributed by atoms with E-state index in [0.717, 1.165) is 25.7 Å². The lowest BCUT2D eigenvalue weighted by molar-refractivity contribution is -0.138. The van der Waals surface area contributed by atoms with Gasteiger partial charge in [0.05, 0.1) is 0 Å². The van der Waals surface area contributed by atoms with E-state index in [1.165, 1.54) is 6.92 Å². The fourth-order valence-electron chi connectivity index (χ4n) is 3.22. The summed E-state index contributed by atoms with van der Waals surface area (Å²) in [6.45, 7) is 5.65. The van der Waals surface area contributed by atoms with Crippen LogP contribution in [0.15, 0.2) is 24.3 Å². The first-order valence-electron chi connectivity index (χ1n) is 8.69. The lowest BCUT2D eigenvalue weighted by atomic mass is 9.64. The van der Waals surface area contributed by atoms with Crippen LogP contribution >= 0.6 is 0 Å². The summed E-state index contributed by atoms with van der Waals surface area (Å²) >= 11 is 0. The van der Waals surface area contributed by atoms with E-state index >= 15 is 0 Å². The van der Waals surface area contributed by atoms with Crippen LogP contribution in [0.4, 0.5) is 5.69 Å². The molecule has 1 fully saturated rings. The van der Waals surface area contributed by atoms with Crippen LogP contribution in [0.5, 0.6) is 0 Å². The molecule has 1 unspecified atom stereocenters. The highest BCUT2D eigenvalue weighted by Crippen LogP contribution is 2.46. The predicted molar refractivity (Wildman–Crippen MR) is 95.4 cm³/mol. The third kappa shape index (κ3) is 4.59. The molecule has 25 heavy (non-hydrogen) atoms. The third-order valence-corrected chi connectivity index (χ3v) is 4.71. The highest BCUT2D eigenvalue weighted by molar-refractivity contribution is 5.98. The maximum Gasteiger partial charge on any atom is 0.325 e. The molecule has 136 valence electrons. The predicted octanol–water partition coefficient (Wildman–Crippen LogP) is 3.04. The van der Waals surface area contributed by atoms with Crippen LogP contribution in [0.25, 0.3) is 0 Å². The molecule has 3 N–H and O–H groups in total. The van der Waals surface area contributed by atoms with Crippen LogP contribution in [-0.2, 0) is 9.59 Å². The summed E-state index contributed by atoms with van der Waals surface area (Å²) in [5.41, 5.74) is 0.732. The van der Waals surface area contributed by atoms with Gasteiger partial charge >= 0.3 is 5.97 Å². The molecule has 0 aromatic heterocycles. The van der Waals surface area contributed by atoms with Crippen molar-refractivity contribution in [1.29, 1.82) is 0 Å². The van der Waals surface area contributed by atoms with Gasteiger partial charge in [-0.3, -0.25) is 14.4 Å². The van der Waals surface area contributed by atoms with Gasteiger partial charge in [0, 0.05) is 16.7 Å². The van der Waals surface area contributed by atoms with E-state index in [1.54, 1.807) is 24.3 Å². The number of nitrogens with one attached hydrogen (secondary N) is 2. The Morgan fingerprint density at radius 1 is 1.12 bits per heavy atom. The zero-order chi connectivity index (χ0) is 18.6. The SMILES string of the molecule is CC(C)CC1(C(=O)Nc2ccc(C(=O)NC(C)C(=O)O)cc2)CCC1. The van der Waals surface area contributed by atoms with Gasteiger partial charge in [-0.05, 0) is 56.4 Å². The summed E-state index contributed by atoms with van der Waals surface area (Å²) in [7, 11) is 0. The van der Waals surface area contributed by atoms with Crippen molar-refractivity contribution in [2.45, 2.75) is 52.5 Å². The molecule has 0 aliphatic heterocycles. The van der Waals surface area contributed by atoms with E-state index in [9.17, 15) is 14.4 Å². The Balaban J connectivity index is 1.99. The minimum Gasteiger partial charge on any atom is -0.480 e. The second-order valence-electron chi connectivity index (χ2n) is 7.30. The topological polar surface area (TPSA) is 95.5 Å². The van der Waals surface area contributed by atoms with Gasteiger partial charge < -0.3 is 15.7 Å². The van der Waals surface area contributed by atoms with Crippen LogP contribution in [0.1, 0.15) is 56.8 Å². The van der Waals surface area contributed by atoms with Crippen LogP contribution in [0.2, 0.25) is 0 Å². The number of carboxylic acids is 1. The molecule has 6 heteroatoms. The number of amides is 2. The normalized spacial score (nSPS) is 16.6. The molecule has 1 aromatic rings. The standard InChI is InChI=1S/C19H26N2O4/c1-12(2)11-19(9-4-10-19)18(25)21-15-7-5-14(6-8-15)16(22)20-13(3)17(23)24/h5-8,12-13H,4,9-11H2,1-3H3,(H,20,22)(H,21,25)(H,23,24). The Hall–Kier alpha value is -2.37. The van der Waals surface area contributed by atoms with Crippen molar-refractivity contribution in [2.75, 3.05) is 5.32 Å². The van der Waals surface area contributed by atoms with Crippen molar-refractivity contribution < 1.29 is 19.5 Å². The van der Waals surface area contributed by atoms with Crippen molar-refractivity contribution in [3.05, 3.63) is 29.8 Å². The van der Waals surface area contributed by atoms with Gasteiger partial charge in [-0.2, -0.15) is 0 Å². The number of carbonyl (C=O) groups excluding carboxylic acids is 2. The van der Waals surface area contributed by atoms with Crippen molar-refractivity contribution >= 4 is 23.5 Å². The molecule has 1 aromatic carbocycles. The number of rotatable bonds is 7. The van der Waals surface area contributed by atoms with Crippen molar-refractivity contribution in [2.24, 2.45) is 11.3 Å². The van der Waals surface area contributed by atoms with E-state index in [-0.39, 0.29) is 11.3 Å². The highest BCUT2D eigenvalue weighted by Gasteiger charge is 2.44. The molecule has 0 bridgehead atoms. The molecule has 0 saturated heterocycles. The van der Waals surface area contributed by atoms with E-state index in [1.807, 2.05) is 0 Å². The quantitative estimate of drug-likeness (QED) is 0.707. The first-order valence-corrected chi connectivity index (χ1v) is 8.69. The molecular weight excluding hydrogens is 320 g/mol. The summed E-state index contributed by atoms with van der Waals surface area (Å²) in [6, 6.07) is 5.53. The summed E-state index contributed by atoms with van der Waals surface area (Å²) < 4.78 is 0. The van der Waals surface area contributed by atoms with Gasteiger partial charge in [0.15, 0.2) is 0 Å². The Kier molecular flexibility index (Phi) is 5.82. The second-order valence-corrected chi connectivity index (χ2v) is 7.30. The number of hydrogen-bond donors (Lipinski definition) is 3. The van der Waals surface area contributed by atoms with Gasteiger partial charge in [0.2, 0.25) is 5.91 Å². The molecular formula is C19H26N2O4. The highest BCUT2D eigenvalue weighted by atomic mass is 16.4. The number of anilines is 1. The lowest BCUT2D eigenvalue weighted by Gasteiger charge is -2.41. The fourth-order valence-corrected chi connectivity index (χ4v) is 3.22. The van der Waals surface area contributed by atoms with Gasteiger partial charge in [-0.25, -0.2) is 0 Å². The van der Waals surface area contributed by atoms with Crippen LogP contribution in [0.3, 0.4) is 0 Å². The number of aliphatic carboxylic acids is 1. The van der Waals surface area contributed by atoms with Crippen LogP contribution < -0.4 is 10.6 Å². The smallest absolute Gasteiger partial charge is 0.325 e. The zero-order valence-corrected chi connectivity index (χ0v) is 15.0. The molecule has 1 aliphatic rings. The average Bonchev–Trinajstić information content (AvgIpc) is 2.51. The van der Waals surface area contributed by atoms with E-state index in [0.29, 0.717) is 17.2 Å². The van der Waals surface area contributed by atoms with E-state index in [2.05, 4.69) is 24.5 Å². The van der Waals surface area contributed by atoms with Crippen molar-refractivity contribution in [3.8, 4) is 0 Å². The molecule has 2 rings (SSSR count). The van der Waals surface area contributed by atoms with Crippen LogP contribution in [-0.4, -0.2) is 28.9 Å². The zero-order valence-electron chi connectivity index (χ0n) is 15.0. The van der Waals surface area contributed by atoms with Crippen molar-refractivity contribution in [3.63, 3.8) is 0 Å². The Bertz CT molecular complexity index is 648. The monoisotopic (exact) mass is 346 g/mol. The lowest BCUT2D eigenvalue weighted by Crippen LogP contribution is -2.43. The summed E-state index contributed by atoms with van der Waals surface area (Å²) in [6.07, 6.45) is 3.81. The van der Waals surface area contributed by atoms with E-state index < -0.39 is 17.9 Å². The average molecular weight is 346 g/mol. The minimum absolute atomic E-state index is 0.0455. The number of carbonyl (C=O) groups is 3. The minimum atomic E-state index is -1.09. The van der Waals surface area contributed by atoms with E-state index in [4.69, 9.17) is 5.11 Å². The molecule has 1 saturated carbocycles. The first kappa shape index (κ1) is 19.0. The van der Waals surface area contributed by atoms with Crippen LogP contribution in [0, 0.1) is 11.3 Å². The second kappa shape index (κ2) is 7.68. The largest absolute Gasteiger partial charge is 0.480 e. The molecule has 2 amide bonds. The molecule has 1 aliphatic carbocycles. The van der Waals surface area contributed by atoms with Gasteiger partial charge in [0.25, 0.3) is 5.91 Å². The third-order valence-electron chi connectivity index (χ3n) is 4.71. The Morgan fingerprint density at radius 2 is 1.72 bits per heavy atom. The maximum atomic E-state index is 12.6. The Labute approximate surface area is 148 Å². The summed E-state index contributed by atoms with van der Waals surface area (Å²) in [4.78, 5) is 35.4. The molecule has 0 spiro atoms.